The van der Waals surface area contributed by atoms with E-state index in [1.165, 1.54) is 38.5 Å². The summed E-state index contributed by atoms with van der Waals surface area (Å²) in [5.74, 6) is 1.58. The molecule has 1 saturated carbocycles. The van der Waals surface area contributed by atoms with Gasteiger partial charge in [0.15, 0.2) is 5.96 Å². The summed E-state index contributed by atoms with van der Waals surface area (Å²) in [4.78, 5) is 16.0. The molecule has 1 unspecified atom stereocenters. The number of hydrogen-bond acceptors (Lipinski definition) is 2. The Hall–Kier alpha value is -0.530. The van der Waals surface area contributed by atoms with Crippen molar-refractivity contribution in [2.75, 3.05) is 13.6 Å². The second-order valence-corrected chi connectivity index (χ2v) is 7.85. The molecule has 0 bridgehead atoms. The SMILES string of the molecule is CN=C(NCC(=O)NC(C)(C)C)NC(C)CCC1CCCCC1.I. The second kappa shape index (κ2) is 11.9. The molecule has 1 atom stereocenters. The van der Waals surface area contributed by atoms with Gasteiger partial charge in [-0.05, 0) is 46.5 Å². The lowest BCUT2D eigenvalue weighted by atomic mass is 9.85. The van der Waals surface area contributed by atoms with Gasteiger partial charge in [0.05, 0.1) is 6.54 Å². The first kappa shape index (κ1) is 23.5. The smallest absolute Gasteiger partial charge is 0.239 e. The van der Waals surface area contributed by atoms with E-state index in [1.807, 2.05) is 20.8 Å². The fourth-order valence-corrected chi connectivity index (χ4v) is 3.09. The van der Waals surface area contributed by atoms with E-state index in [9.17, 15) is 4.79 Å². The van der Waals surface area contributed by atoms with Crippen LogP contribution in [0.25, 0.3) is 0 Å². The van der Waals surface area contributed by atoms with Crippen LogP contribution in [-0.4, -0.2) is 37.0 Å². The number of carbonyl (C=O) groups excluding carboxylic acids is 1. The maximum Gasteiger partial charge on any atom is 0.239 e. The molecule has 0 heterocycles. The molecule has 0 radical (unpaired) electrons. The average Bonchev–Trinajstić information content (AvgIpc) is 2.48. The molecule has 0 aromatic rings. The topological polar surface area (TPSA) is 65.5 Å². The van der Waals surface area contributed by atoms with E-state index in [0.29, 0.717) is 12.0 Å². The normalized spacial score (nSPS) is 17.6. The Morgan fingerprint density at radius 2 is 1.83 bits per heavy atom. The van der Waals surface area contributed by atoms with Gasteiger partial charge in [0.1, 0.15) is 0 Å². The monoisotopic (exact) mass is 452 g/mol. The molecule has 0 aromatic carbocycles. The quantitative estimate of drug-likeness (QED) is 0.329. The van der Waals surface area contributed by atoms with Crippen molar-refractivity contribution >= 4 is 35.8 Å². The second-order valence-electron chi connectivity index (χ2n) is 7.85. The van der Waals surface area contributed by atoms with Crippen LogP contribution in [0.2, 0.25) is 0 Å². The average molecular weight is 452 g/mol. The summed E-state index contributed by atoms with van der Waals surface area (Å²) in [6, 6.07) is 0.369. The van der Waals surface area contributed by atoms with Gasteiger partial charge in [0, 0.05) is 18.6 Å². The van der Waals surface area contributed by atoms with Crippen molar-refractivity contribution in [1.82, 2.24) is 16.0 Å². The maximum absolute atomic E-state index is 11.8. The van der Waals surface area contributed by atoms with Crippen molar-refractivity contribution in [3.05, 3.63) is 0 Å². The van der Waals surface area contributed by atoms with Crippen molar-refractivity contribution in [3.8, 4) is 0 Å². The van der Waals surface area contributed by atoms with E-state index < -0.39 is 0 Å². The first-order valence-electron chi connectivity index (χ1n) is 9.08. The molecule has 0 aliphatic heterocycles. The van der Waals surface area contributed by atoms with E-state index in [2.05, 4.69) is 27.9 Å². The zero-order chi connectivity index (χ0) is 17.3. The lowest BCUT2D eigenvalue weighted by Gasteiger charge is -2.24. The van der Waals surface area contributed by atoms with Crippen molar-refractivity contribution in [2.45, 2.75) is 84.2 Å². The van der Waals surface area contributed by atoms with Gasteiger partial charge in [-0.25, -0.2) is 0 Å². The molecule has 5 nitrogen and oxygen atoms in total. The summed E-state index contributed by atoms with van der Waals surface area (Å²) < 4.78 is 0. The van der Waals surface area contributed by atoms with Gasteiger partial charge in [-0.2, -0.15) is 0 Å². The third-order valence-corrected chi connectivity index (χ3v) is 4.27. The molecule has 1 rings (SSSR count). The van der Waals surface area contributed by atoms with Gasteiger partial charge in [0.25, 0.3) is 0 Å². The molecule has 6 heteroatoms. The molecule has 1 fully saturated rings. The standard InChI is InChI=1S/C18H36N4O.HI/c1-14(11-12-15-9-7-6-8-10-15)21-17(19-5)20-13-16(23)22-18(2,3)4;/h14-15H,6-13H2,1-5H3,(H,22,23)(H2,19,20,21);1H. The Morgan fingerprint density at radius 1 is 1.21 bits per heavy atom. The van der Waals surface area contributed by atoms with Gasteiger partial charge in [-0.15, -0.1) is 24.0 Å². The fourth-order valence-electron chi connectivity index (χ4n) is 3.09. The number of nitrogens with zero attached hydrogens (tertiary/aromatic N) is 1. The Morgan fingerprint density at radius 3 is 2.38 bits per heavy atom. The Balaban J connectivity index is 0.00000529. The van der Waals surface area contributed by atoms with E-state index >= 15 is 0 Å². The lowest BCUT2D eigenvalue weighted by Crippen LogP contribution is -2.49. The van der Waals surface area contributed by atoms with E-state index in [1.54, 1.807) is 7.05 Å². The van der Waals surface area contributed by atoms with E-state index in [0.717, 1.165) is 12.3 Å². The van der Waals surface area contributed by atoms with Gasteiger partial charge >= 0.3 is 0 Å². The molecule has 1 aliphatic rings. The third kappa shape index (κ3) is 11.1. The minimum Gasteiger partial charge on any atom is -0.354 e. The number of amides is 1. The van der Waals surface area contributed by atoms with Crippen LogP contribution in [0.3, 0.4) is 0 Å². The van der Waals surface area contributed by atoms with Crippen LogP contribution >= 0.6 is 24.0 Å². The highest BCUT2D eigenvalue weighted by molar-refractivity contribution is 14.0. The van der Waals surface area contributed by atoms with Crippen LogP contribution in [0.5, 0.6) is 0 Å². The Labute approximate surface area is 165 Å². The summed E-state index contributed by atoms with van der Waals surface area (Å²) in [7, 11) is 1.74. The van der Waals surface area contributed by atoms with E-state index in [-0.39, 0.29) is 42.0 Å². The summed E-state index contributed by atoms with van der Waals surface area (Å²) in [5.41, 5.74) is -0.205. The molecular weight excluding hydrogens is 415 g/mol. The van der Waals surface area contributed by atoms with Gasteiger partial charge in [-0.1, -0.05) is 32.1 Å². The van der Waals surface area contributed by atoms with Crippen LogP contribution in [-0.2, 0) is 4.79 Å². The van der Waals surface area contributed by atoms with E-state index in [4.69, 9.17) is 0 Å². The predicted octanol–water partition coefficient (Wildman–Crippen LogP) is 3.43. The van der Waals surface area contributed by atoms with Crippen LogP contribution in [0.15, 0.2) is 4.99 Å². The Kier molecular flexibility index (Phi) is 11.7. The minimum absolute atomic E-state index is 0. The molecule has 3 N–H and O–H groups in total. The first-order chi connectivity index (χ1) is 10.8. The molecule has 0 saturated heterocycles. The number of aliphatic imine (C=N–C) groups is 1. The number of rotatable bonds is 6. The summed E-state index contributed by atoms with van der Waals surface area (Å²) in [6.45, 7) is 8.36. The first-order valence-corrected chi connectivity index (χ1v) is 9.08. The Bertz CT molecular complexity index is 387. The lowest BCUT2D eigenvalue weighted by molar-refractivity contribution is -0.121. The largest absolute Gasteiger partial charge is 0.354 e. The van der Waals surface area contributed by atoms with Gasteiger partial charge in [-0.3, -0.25) is 9.79 Å². The number of carbonyl (C=O) groups is 1. The van der Waals surface area contributed by atoms with Crippen LogP contribution in [0, 0.1) is 5.92 Å². The van der Waals surface area contributed by atoms with Crippen LogP contribution in [0.1, 0.15) is 72.6 Å². The van der Waals surface area contributed by atoms with Crippen molar-refractivity contribution in [3.63, 3.8) is 0 Å². The maximum atomic E-state index is 11.8. The summed E-state index contributed by atoms with van der Waals surface area (Å²) in [5, 5.41) is 9.41. The van der Waals surface area contributed by atoms with Gasteiger partial charge < -0.3 is 16.0 Å². The molecule has 142 valence electrons. The molecule has 1 amide bonds. The minimum atomic E-state index is -0.205. The van der Waals surface area contributed by atoms with Crippen molar-refractivity contribution in [2.24, 2.45) is 10.9 Å². The number of halogens is 1. The molecule has 0 spiro atoms. The number of nitrogens with one attached hydrogen (secondary N) is 3. The molecule has 24 heavy (non-hydrogen) atoms. The third-order valence-electron chi connectivity index (χ3n) is 4.27. The summed E-state index contributed by atoms with van der Waals surface area (Å²) in [6.07, 6.45) is 9.45. The highest BCUT2D eigenvalue weighted by atomic mass is 127. The molecular formula is C18H37IN4O. The number of hydrogen-bond donors (Lipinski definition) is 3. The highest BCUT2D eigenvalue weighted by Gasteiger charge is 2.16. The van der Waals surface area contributed by atoms with Crippen LogP contribution in [0.4, 0.5) is 0 Å². The zero-order valence-electron chi connectivity index (χ0n) is 16.1. The number of guanidine groups is 1. The molecule has 0 aromatic heterocycles. The highest BCUT2D eigenvalue weighted by Crippen LogP contribution is 2.27. The van der Waals surface area contributed by atoms with Crippen LogP contribution < -0.4 is 16.0 Å². The fraction of sp³-hybridized carbons (Fsp3) is 0.889. The van der Waals surface area contributed by atoms with Crippen molar-refractivity contribution in [1.29, 1.82) is 0 Å². The van der Waals surface area contributed by atoms with Gasteiger partial charge in [0.2, 0.25) is 5.91 Å². The molecule has 1 aliphatic carbocycles. The zero-order valence-corrected chi connectivity index (χ0v) is 18.4. The van der Waals surface area contributed by atoms with Crippen molar-refractivity contribution < 1.29 is 4.79 Å². The predicted molar refractivity (Wildman–Crippen MR) is 113 cm³/mol. The summed E-state index contributed by atoms with van der Waals surface area (Å²) >= 11 is 0.